The highest BCUT2D eigenvalue weighted by molar-refractivity contribution is 6.37. The van der Waals surface area contributed by atoms with Crippen LogP contribution in [0.25, 0.3) is 0 Å². The molecule has 0 fully saturated rings. The summed E-state index contributed by atoms with van der Waals surface area (Å²) in [6.07, 6.45) is 1.44. The van der Waals surface area contributed by atoms with Gasteiger partial charge in [0, 0.05) is 5.02 Å². The van der Waals surface area contributed by atoms with Crippen molar-refractivity contribution in [2.45, 2.75) is 0 Å². The number of nitrogens with one attached hydrogen (secondary N) is 2. The van der Waals surface area contributed by atoms with Gasteiger partial charge < -0.3 is 0 Å². The van der Waals surface area contributed by atoms with Crippen molar-refractivity contribution >= 4 is 58.3 Å². The Bertz CT molecular complexity index is 574. The Kier molecular flexibility index (Phi) is 4.35. The summed E-state index contributed by atoms with van der Waals surface area (Å²) in [5.74, 6) is 0. The Balaban J connectivity index is 2.12. The maximum Gasteiger partial charge on any atom is 0.161 e. The lowest BCUT2D eigenvalue weighted by Crippen LogP contribution is -1.91. The van der Waals surface area contributed by atoms with Crippen molar-refractivity contribution in [1.82, 2.24) is 10.2 Å². The lowest BCUT2D eigenvalue weighted by Gasteiger charge is -2.02. The lowest BCUT2D eigenvalue weighted by molar-refractivity contribution is 1.09. The van der Waals surface area contributed by atoms with Gasteiger partial charge in [0.15, 0.2) is 5.15 Å². The van der Waals surface area contributed by atoms with Crippen LogP contribution in [0.5, 0.6) is 0 Å². The fraction of sp³-hybridized carbons (Fsp3) is 0. The minimum Gasteiger partial charge on any atom is -0.277 e. The fourth-order valence-electron chi connectivity index (χ4n) is 1.17. The third-order valence-corrected chi connectivity index (χ3v) is 3.14. The molecule has 0 saturated carbocycles. The summed E-state index contributed by atoms with van der Waals surface area (Å²) in [6, 6.07) is 5.02. The molecule has 0 aliphatic heterocycles. The second kappa shape index (κ2) is 5.80. The van der Waals surface area contributed by atoms with E-state index in [-0.39, 0.29) is 5.15 Å². The van der Waals surface area contributed by atoms with E-state index in [2.05, 4.69) is 20.7 Å². The maximum atomic E-state index is 5.96. The number of halogens is 4. The summed E-state index contributed by atoms with van der Waals surface area (Å²) in [5.41, 5.74) is 3.87. The number of aromatic nitrogens is 2. The molecule has 0 saturated heterocycles. The van der Waals surface area contributed by atoms with E-state index >= 15 is 0 Å². The Morgan fingerprint density at radius 2 is 2.00 bits per heavy atom. The molecule has 1 heterocycles. The predicted octanol–water partition coefficient (Wildman–Crippen LogP) is 4.47. The number of H-pyrrole nitrogens is 1. The van der Waals surface area contributed by atoms with E-state index in [4.69, 9.17) is 46.4 Å². The first-order chi connectivity index (χ1) is 8.58. The van der Waals surface area contributed by atoms with Crippen molar-refractivity contribution in [3.8, 4) is 0 Å². The molecule has 0 spiro atoms. The topological polar surface area (TPSA) is 53.1 Å². The highest BCUT2D eigenvalue weighted by Gasteiger charge is 2.06. The van der Waals surface area contributed by atoms with Crippen LogP contribution in [-0.2, 0) is 0 Å². The van der Waals surface area contributed by atoms with E-state index in [0.29, 0.717) is 26.4 Å². The van der Waals surface area contributed by atoms with E-state index in [1.807, 2.05) is 0 Å². The molecule has 1 aromatic heterocycles. The first-order valence-electron chi connectivity index (χ1n) is 4.71. The second-order valence-corrected chi connectivity index (χ2v) is 4.82. The number of aromatic amines is 1. The molecule has 2 rings (SSSR count). The predicted molar refractivity (Wildman–Crippen MR) is 76.3 cm³/mol. The second-order valence-electron chi connectivity index (χ2n) is 3.24. The number of anilines is 1. The molecule has 4 nitrogen and oxygen atoms in total. The molecule has 0 bridgehead atoms. The van der Waals surface area contributed by atoms with Crippen LogP contribution < -0.4 is 5.43 Å². The van der Waals surface area contributed by atoms with E-state index < -0.39 is 0 Å². The molecule has 1 aromatic carbocycles. The Labute approximate surface area is 123 Å². The van der Waals surface area contributed by atoms with Crippen molar-refractivity contribution < 1.29 is 0 Å². The van der Waals surface area contributed by atoms with E-state index in [1.165, 1.54) is 6.21 Å². The molecule has 0 amide bonds. The zero-order valence-corrected chi connectivity index (χ0v) is 11.7. The van der Waals surface area contributed by atoms with Crippen molar-refractivity contribution in [1.29, 1.82) is 0 Å². The summed E-state index contributed by atoms with van der Waals surface area (Å²) in [4.78, 5) is 0. The summed E-state index contributed by atoms with van der Waals surface area (Å²) in [5, 5.41) is 11.8. The summed E-state index contributed by atoms with van der Waals surface area (Å²) in [7, 11) is 0. The standard InChI is InChI=1S/C10H6Cl4N4/c11-5-1-2-8(7(12)3-5)16-15-4-6-9(13)17-18-10(6)14/h1-4,16H,(H,17,18). The third-order valence-electron chi connectivity index (χ3n) is 2.02. The molecule has 18 heavy (non-hydrogen) atoms. The number of rotatable bonds is 3. The molecule has 2 N–H and O–H groups in total. The van der Waals surface area contributed by atoms with Crippen LogP contribution in [-0.4, -0.2) is 16.4 Å². The van der Waals surface area contributed by atoms with Gasteiger partial charge in [0.2, 0.25) is 0 Å². The van der Waals surface area contributed by atoms with Gasteiger partial charge in [-0.3, -0.25) is 10.5 Å². The van der Waals surface area contributed by atoms with Crippen molar-refractivity contribution in [3.05, 3.63) is 44.1 Å². The van der Waals surface area contributed by atoms with Gasteiger partial charge in [-0.2, -0.15) is 10.2 Å². The molecule has 8 heteroatoms. The quantitative estimate of drug-likeness (QED) is 0.646. The molecular weight excluding hydrogens is 318 g/mol. The minimum atomic E-state index is 0.243. The average Bonchev–Trinajstić information content (AvgIpc) is 2.63. The van der Waals surface area contributed by atoms with Crippen LogP contribution in [0.2, 0.25) is 20.4 Å². The van der Waals surface area contributed by atoms with Crippen LogP contribution in [0.1, 0.15) is 5.56 Å². The molecule has 0 aliphatic carbocycles. The molecule has 2 aromatic rings. The van der Waals surface area contributed by atoms with E-state index in [9.17, 15) is 0 Å². The van der Waals surface area contributed by atoms with Crippen molar-refractivity contribution in [2.24, 2.45) is 5.10 Å². The number of benzene rings is 1. The van der Waals surface area contributed by atoms with Gasteiger partial charge >= 0.3 is 0 Å². The van der Waals surface area contributed by atoms with Gasteiger partial charge in [-0.25, -0.2) is 0 Å². The summed E-state index contributed by atoms with van der Waals surface area (Å²) >= 11 is 23.3. The summed E-state index contributed by atoms with van der Waals surface area (Å²) < 4.78 is 0. The van der Waals surface area contributed by atoms with Gasteiger partial charge in [0.05, 0.1) is 22.5 Å². The highest BCUT2D eigenvalue weighted by Crippen LogP contribution is 2.25. The highest BCUT2D eigenvalue weighted by atomic mass is 35.5. The minimum absolute atomic E-state index is 0.243. The monoisotopic (exact) mass is 322 g/mol. The fourth-order valence-corrected chi connectivity index (χ4v) is 2.03. The maximum absolute atomic E-state index is 5.96. The smallest absolute Gasteiger partial charge is 0.161 e. The normalized spacial score (nSPS) is 11.1. The Morgan fingerprint density at radius 1 is 1.22 bits per heavy atom. The lowest BCUT2D eigenvalue weighted by atomic mass is 10.3. The largest absolute Gasteiger partial charge is 0.277 e. The van der Waals surface area contributed by atoms with Gasteiger partial charge in [-0.05, 0) is 18.2 Å². The number of hydrogen-bond acceptors (Lipinski definition) is 3. The number of hydrogen-bond donors (Lipinski definition) is 2. The molecule has 0 aliphatic rings. The molecule has 0 radical (unpaired) electrons. The van der Waals surface area contributed by atoms with Crippen molar-refractivity contribution in [2.75, 3.05) is 5.43 Å². The first-order valence-corrected chi connectivity index (χ1v) is 6.22. The Hall–Kier alpha value is -0.940. The zero-order valence-electron chi connectivity index (χ0n) is 8.72. The molecule has 0 unspecified atom stereocenters. The van der Waals surface area contributed by atoms with Crippen LogP contribution in [0.15, 0.2) is 23.3 Å². The number of nitrogens with zero attached hydrogens (tertiary/aromatic N) is 2. The SMILES string of the molecule is Clc1ccc(NN=Cc2c(Cl)n[nH]c2Cl)c(Cl)c1. The van der Waals surface area contributed by atoms with Gasteiger partial charge in [-0.1, -0.05) is 46.4 Å². The van der Waals surface area contributed by atoms with Gasteiger partial charge in [0.25, 0.3) is 0 Å². The number of hydrazone groups is 1. The van der Waals surface area contributed by atoms with Gasteiger partial charge in [-0.15, -0.1) is 0 Å². The zero-order chi connectivity index (χ0) is 13.1. The third kappa shape index (κ3) is 3.09. The molecule has 0 atom stereocenters. The molecule has 94 valence electrons. The van der Waals surface area contributed by atoms with E-state index in [1.54, 1.807) is 18.2 Å². The average molecular weight is 324 g/mol. The van der Waals surface area contributed by atoms with E-state index in [0.717, 1.165) is 0 Å². The first kappa shape index (κ1) is 13.5. The van der Waals surface area contributed by atoms with Crippen LogP contribution in [0.3, 0.4) is 0 Å². The summed E-state index contributed by atoms with van der Waals surface area (Å²) in [6.45, 7) is 0. The van der Waals surface area contributed by atoms with Crippen LogP contribution >= 0.6 is 46.4 Å². The Morgan fingerprint density at radius 3 is 2.61 bits per heavy atom. The van der Waals surface area contributed by atoms with Crippen molar-refractivity contribution in [3.63, 3.8) is 0 Å². The van der Waals surface area contributed by atoms with Gasteiger partial charge in [0.1, 0.15) is 5.15 Å². The molecular formula is C10H6Cl4N4. The van der Waals surface area contributed by atoms with Crippen LogP contribution in [0, 0.1) is 0 Å². The van der Waals surface area contributed by atoms with Crippen LogP contribution in [0.4, 0.5) is 5.69 Å².